The molecule has 0 aliphatic carbocycles. The van der Waals surface area contributed by atoms with Crippen LogP contribution in [-0.4, -0.2) is 21.0 Å². The summed E-state index contributed by atoms with van der Waals surface area (Å²) in [7, 11) is 0. The molecule has 15 heavy (non-hydrogen) atoms. The molecule has 4 nitrogen and oxygen atoms in total. The number of carbonyl (C=O) groups is 1. The van der Waals surface area contributed by atoms with E-state index < -0.39 is 5.97 Å². The Morgan fingerprint density at radius 1 is 1.40 bits per heavy atom. The highest BCUT2D eigenvalue weighted by Crippen LogP contribution is 2.08. The maximum absolute atomic E-state index is 10.6. The van der Waals surface area contributed by atoms with Crippen LogP contribution in [0.2, 0.25) is 0 Å². The minimum atomic E-state index is -0.858. The molecule has 4 heteroatoms. The van der Waals surface area contributed by atoms with Crippen LogP contribution in [-0.2, 0) is 17.6 Å². The monoisotopic (exact) mass is 208 g/mol. The van der Waals surface area contributed by atoms with Crippen molar-refractivity contribution in [1.29, 1.82) is 0 Å². The highest BCUT2D eigenvalue weighted by atomic mass is 16.4. The van der Waals surface area contributed by atoms with Crippen LogP contribution in [0.25, 0.3) is 0 Å². The Kier molecular flexibility index (Phi) is 3.77. The molecule has 82 valence electrons. The molecule has 1 aromatic rings. The van der Waals surface area contributed by atoms with E-state index in [-0.39, 0.29) is 6.42 Å². The van der Waals surface area contributed by atoms with E-state index in [9.17, 15) is 4.79 Å². The highest BCUT2D eigenvalue weighted by molar-refractivity contribution is 5.69. The Morgan fingerprint density at radius 3 is 2.53 bits per heavy atom. The fourth-order valence-corrected chi connectivity index (χ4v) is 1.47. The van der Waals surface area contributed by atoms with Gasteiger partial charge in [-0.1, -0.05) is 13.8 Å². The van der Waals surface area contributed by atoms with E-state index in [4.69, 9.17) is 5.11 Å². The van der Waals surface area contributed by atoms with Gasteiger partial charge in [-0.05, 0) is 25.3 Å². The zero-order valence-electron chi connectivity index (χ0n) is 9.32. The Morgan fingerprint density at radius 2 is 2.00 bits per heavy atom. The molecular weight excluding hydrogens is 192 g/mol. The maximum atomic E-state index is 10.6. The molecule has 0 amide bonds. The minimum absolute atomic E-state index is 0.0333. The number of carboxylic acids is 1. The minimum Gasteiger partial charge on any atom is -0.481 e. The largest absolute Gasteiger partial charge is 0.481 e. The number of hydrogen-bond acceptors (Lipinski definition) is 3. The van der Waals surface area contributed by atoms with Gasteiger partial charge in [0.25, 0.3) is 0 Å². The molecule has 0 radical (unpaired) electrons. The fraction of sp³-hybridized carbons (Fsp3) is 0.545. The molecule has 0 aromatic carbocycles. The number of nitrogens with zero attached hydrogens (tertiary/aromatic N) is 2. The van der Waals surface area contributed by atoms with Crippen LogP contribution in [0.4, 0.5) is 0 Å². The van der Waals surface area contributed by atoms with Crippen LogP contribution < -0.4 is 0 Å². The van der Waals surface area contributed by atoms with Crippen molar-refractivity contribution in [2.75, 3.05) is 0 Å². The Bertz CT molecular complexity index is 362. The van der Waals surface area contributed by atoms with Crippen molar-refractivity contribution in [3.8, 4) is 0 Å². The van der Waals surface area contributed by atoms with Crippen LogP contribution in [0.15, 0.2) is 6.07 Å². The summed E-state index contributed by atoms with van der Waals surface area (Å²) in [6, 6.07) is 1.78. The maximum Gasteiger partial charge on any atom is 0.309 e. The van der Waals surface area contributed by atoms with Gasteiger partial charge in [-0.2, -0.15) is 0 Å². The first-order chi connectivity index (χ1) is 6.97. The van der Waals surface area contributed by atoms with Crippen molar-refractivity contribution in [3.63, 3.8) is 0 Å². The van der Waals surface area contributed by atoms with E-state index >= 15 is 0 Å². The number of hydrogen-bond donors (Lipinski definition) is 1. The summed E-state index contributed by atoms with van der Waals surface area (Å²) >= 11 is 0. The zero-order chi connectivity index (χ0) is 11.4. The van der Waals surface area contributed by atoms with Gasteiger partial charge in [-0.15, -0.1) is 0 Å². The molecule has 0 aliphatic heterocycles. The van der Waals surface area contributed by atoms with Crippen LogP contribution in [0.3, 0.4) is 0 Å². The summed E-state index contributed by atoms with van der Waals surface area (Å²) < 4.78 is 0. The summed E-state index contributed by atoms with van der Waals surface area (Å²) in [5.74, 6) is 0.296. The third-order valence-corrected chi connectivity index (χ3v) is 1.89. The van der Waals surface area contributed by atoms with Gasteiger partial charge in [0.15, 0.2) is 0 Å². The lowest BCUT2D eigenvalue weighted by atomic mass is 10.1. The van der Waals surface area contributed by atoms with Gasteiger partial charge in [0.1, 0.15) is 5.82 Å². The molecule has 0 saturated heterocycles. The molecule has 0 fully saturated rings. The summed E-state index contributed by atoms with van der Waals surface area (Å²) in [4.78, 5) is 18.9. The molecule has 0 spiro atoms. The van der Waals surface area contributed by atoms with Crippen LogP contribution in [0.1, 0.15) is 31.1 Å². The standard InChI is InChI=1S/C11H16N2O2/c1-7(2)4-9-5-10(6-11(14)15)13-8(3)12-9/h5,7H,4,6H2,1-3H3,(H,14,15). The molecule has 1 rings (SSSR count). The lowest BCUT2D eigenvalue weighted by Gasteiger charge is -2.06. The van der Waals surface area contributed by atoms with Crippen molar-refractivity contribution in [2.24, 2.45) is 5.92 Å². The topological polar surface area (TPSA) is 63.1 Å². The first-order valence-electron chi connectivity index (χ1n) is 5.02. The van der Waals surface area contributed by atoms with Gasteiger partial charge in [0.05, 0.1) is 12.1 Å². The molecule has 1 N–H and O–H groups in total. The fourth-order valence-electron chi connectivity index (χ4n) is 1.47. The Hall–Kier alpha value is -1.45. The summed E-state index contributed by atoms with van der Waals surface area (Å²) in [6.45, 7) is 6.00. The zero-order valence-corrected chi connectivity index (χ0v) is 9.32. The van der Waals surface area contributed by atoms with E-state index in [0.29, 0.717) is 17.4 Å². The molecule has 0 saturated carbocycles. The number of rotatable bonds is 4. The van der Waals surface area contributed by atoms with E-state index in [1.54, 1.807) is 13.0 Å². The summed E-state index contributed by atoms with van der Waals surface area (Å²) in [5, 5.41) is 8.67. The molecule has 0 unspecified atom stereocenters. The van der Waals surface area contributed by atoms with Crippen molar-refractivity contribution in [1.82, 2.24) is 9.97 Å². The number of aromatic nitrogens is 2. The van der Waals surface area contributed by atoms with E-state index in [1.165, 1.54) is 0 Å². The smallest absolute Gasteiger partial charge is 0.309 e. The average Bonchev–Trinajstić information content (AvgIpc) is 1.98. The number of carboxylic acid groups (broad SMARTS) is 1. The van der Waals surface area contributed by atoms with Crippen LogP contribution >= 0.6 is 0 Å². The predicted octanol–water partition coefficient (Wildman–Crippen LogP) is 1.61. The number of aliphatic carboxylic acids is 1. The second-order valence-corrected chi connectivity index (χ2v) is 4.07. The van der Waals surface area contributed by atoms with Gasteiger partial charge in [-0.25, -0.2) is 9.97 Å². The van der Waals surface area contributed by atoms with Crippen molar-refractivity contribution in [2.45, 2.75) is 33.6 Å². The van der Waals surface area contributed by atoms with E-state index in [2.05, 4.69) is 23.8 Å². The molecule has 1 aromatic heterocycles. The second-order valence-electron chi connectivity index (χ2n) is 4.07. The Labute approximate surface area is 89.4 Å². The average molecular weight is 208 g/mol. The van der Waals surface area contributed by atoms with Crippen molar-refractivity contribution < 1.29 is 9.90 Å². The molecule has 0 bridgehead atoms. The highest BCUT2D eigenvalue weighted by Gasteiger charge is 2.07. The van der Waals surface area contributed by atoms with Gasteiger partial charge in [0.2, 0.25) is 0 Å². The van der Waals surface area contributed by atoms with E-state index in [1.807, 2.05) is 0 Å². The lowest BCUT2D eigenvalue weighted by Crippen LogP contribution is -2.07. The summed E-state index contributed by atoms with van der Waals surface area (Å²) in [5.41, 5.74) is 1.51. The van der Waals surface area contributed by atoms with Crippen molar-refractivity contribution >= 4 is 5.97 Å². The molecule has 0 aliphatic rings. The lowest BCUT2D eigenvalue weighted by molar-refractivity contribution is -0.136. The molecule has 0 atom stereocenters. The van der Waals surface area contributed by atoms with E-state index in [0.717, 1.165) is 12.1 Å². The first kappa shape index (κ1) is 11.6. The summed E-state index contributed by atoms with van der Waals surface area (Å²) in [6.07, 6.45) is 0.824. The second kappa shape index (κ2) is 4.87. The third-order valence-electron chi connectivity index (χ3n) is 1.89. The van der Waals surface area contributed by atoms with Gasteiger partial charge >= 0.3 is 5.97 Å². The first-order valence-corrected chi connectivity index (χ1v) is 5.02. The van der Waals surface area contributed by atoms with Crippen LogP contribution in [0.5, 0.6) is 0 Å². The third kappa shape index (κ3) is 4.06. The SMILES string of the molecule is Cc1nc(CC(=O)O)cc(CC(C)C)n1. The Balaban J connectivity index is 2.89. The van der Waals surface area contributed by atoms with Crippen molar-refractivity contribution in [3.05, 3.63) is 23.3 Å². The quantitative estimate of drug-likeness (QED) is 0.816. The van der Waals surface area contributed by atoms with Gasteiger partial charge < -0.3 is 5.11 Å². The van der Waals surface area contributed by atoms with Gasteiger partial charge in [-0.3, -0.25) is 4.79 Å². The normalized spacial score (nSPS) is 10.7. The van der Waals surface area contributed by atoms with Gasteiger partial charge in [0, 0.05) is 5.69 Å². The molecule has 1 heterocycles. The molecular formula is C11H16N2O2. The number of aryl methyl sites for hydroxylation is 1. The predicted molar refractivity (Wildman–Crippen MR) is 56.7 cm³/mol. The van der Waals surface area contributed by atoms with Crippen LogP contribution in [0, 0.1) is 12.8 Å².